The third-order valence-electron chi connectivity index (χ3n) is 2.88. The maximum absolute atomic E-state index is 13.4. The van der Waals surface area contributed by atoms with Crippen LogP contribution in [-0.4, -0.2) is 30.1 Å². The third kappa shape index (κ3) is 2.39. The number of benzene rings is 1. The van der Waals surface area contributed by atoms with Gasteiger partial charge in [-0.1, -0.05) is 6.92 Å². The van der Waals surface area contributed by atoms with Crippen molar-refractivity contribution in [3.05, 3.63) is 29.6 Å². The molecule has 94 valence electrons. The molecule has 0 N–H and O–H groups in total. The molecular formula is C12H14F3NO. The van der Waals surface area contributed by atoms with Gasteiger partial charge in [0.15, 0.2) is 11.6 Å². The molecule has 0 aliphatic carbocycles. The summed E-state index contributed by atoms with van der Waals surface area (Å²) in [6, 6.07) is 1.38. The predicted molar refractivity (Wildman–Crippen MR) is 57.5 cm³/mol. The van der Waals surface area contributed by atoms with Gasteiger partial charge in [0.2, 0.25) is 5.82 Å². The number of likely N-dealkylation sites (tertiary alicyclic amines) is 1. The molecule has 5 heteroatoms. The SMILES string of the molecule is CCN1CC(C)(Oc2cc(F)cc(F)c2F)C1. The number of nitrogens with zero attached hydrogens (tertiary/aromatic N) is 1. The predicted octanol–water partition coefficient (Wildman–Crippen LogP) is 2.58. The molecule has 2 rings (SSSR count). The minimum Gasteiger partial charge on any atom is -0.482 e. The fraction of sp³-hybridized carbons (Fsp3) is 0.500. The van der Waals surface area contributed by atoms with Crippen LogP contribution in [0.25, 0.3) is 0 Å². The van der Waals surface area contributed by atoms with Gasteiger partial charge in [-0.3, -0.25) is 4.90 Å². The van der Waals surface area contributed by atoms with E-state index in [1.165, 1.54) is 0 Å². The van der Waals surface area contributed by atoms with Gasteiger partial charge in [0.25, 0.3) is 0 Å². The molecule has 0 saturated carbocycles. The van der Waals surface area contributed by atoms with Crippen LogP contribution in [0, 0.1) is 17.5 Å². The summed E-state index contributed by atoms with van der Waals surface area (Å²) in [4.78, 5) is 2.09. The number of hydrogen-bond acceptors (Lipinski definition) is 2. The first-order chi connectivity index (χ1) is 7.93. The van der Waals surface area contributed by atoms with Crippen molar-refractivity contribution in [1.29, 1.82) is 0 Å². The number of halogens is 3. The minimum absolute atomic E-state index is 0.360. The van der Waals surface area contributed by atoms with Crippen molar-refractivity contribution in [1.82, 2.24) is 4.90 Å². The van der Waals surface area contributed by atoms with Gasteiger partial charge in [-0.2, -0.15) is 4.39 Å². The van der Waals surface area contributed by atoms with Gasteiger partial charge in [-0.25, -0.2) is 8.78 Å². The van der Waals surface area contributed by atoms with Gasteiger partial charge in [0.05, 0.1) is 0 Å². The van der Waals surface area contributed by atoms with E-state index in [9.17, 15) is 13.2 Å². The van der Waals surface area contributed by atoms with Crippen molar-refractivity contribution in [2.24, 2.45) is 0 Å². The highest BCUT2D eigenvalue weighted by Crippen LogP contribution is 2.30. The van der Waals surface area contributed by atoms with Gasteiger partial charge in [0.1, 0.15) is 11.4 Å². The molecule has 1 aromatic rings. The fourth-order valence-electron chi connectivity index (χ4n) is 2.06. The molecule has 0 spiro atoms. The summed E-state index contributed by atoms with van der Waals surface area (Å²) in [6.45, 7) is 5.92. The Labute approximate surface area is 98.0 Å². The average Bonchev–Trinajstić information content (AvgIpc) is 2.21. The summed E-state index contributed by atoms with van der Waals surface area (Å²) in [6.07, 6.45) is 0. The Morgan fingerprint density at radius 2 is 1.94 bits per heavy atom. The second-order valence-corrected chi connectivity index (χ2v) is 4.55. The van der Waals surface area contributed by atoms with Crippen molar-refractivity contribution in [2.75, 3.05) is 19.6 Å². The Morgan fingerprint density at radius 3 is 2.53 bits per heavy atom. The molecule has 0 atom stereocenters. The second-order valence-electron chi connectivity index (χ2n) is 4.55. The highest BCUT2D eigenvalue weighted by molar-refractivity contribution is 5.27. The third-order valence-corrected chi connectivity index (χ3v) is 2.88. The van der Waals surface area contributed by atoms with Crippen LogP contribution in [0.15, 0.2) is 12.1 Å². The molecule has 1 heterocycles. The van der Waals surface area contributed by atoms with Crippen LogP contribution in [0.1, 0.15) is 13.8 Å². The van der Waals surface area contributed by atoms with Crippen LogP contribution in [0.2, 0.25) is 0 Å². The van der Waals surface area contributed by atoms with Gasteiger partial charge < -0.3 is 4.74 Å². The first-order valence-corrected chi connectivity index (χ1v) is 5.49. The van der Waals surface area contributed by atoms with E-state index in [1.54, 1.807) is 6.92 Å². The molecule has 0 bridgehead atoms. The van der Waals surface area contributed by atoms with Gasteiger partial charge in [-0.15, -0.1) is 0 Å². The lowest BCUT2D eigenvalue weighted by Gasteiger charge is -2.47. The summed E-state index contributed by atoms with van der Waals surface area (Å²) in [7, 11) is 0. The first-order valence-electron chi connectivity index (χ1n) is 5.49. The maximum Gasteiger partial charge on any atom is 0.200 e. The molecular weight excluding hydrogens is 231 g/mol. The lowest BCUT2D eigenvalue weighted by molar-refractivity contribution is -0.0629. The Morgan fingerprint density at radius 1 is 1.29 bits per heavy atom. The highest BCUT2D eigenvalue weighted by atomic mass is 19.2. The average molecular weight is 245 g/mol. The maximum atomic E-state index is 13.4. The molecule has 1 aromatic carbocycles. The van der Waals surface area contributed by atoms with Crippen LogP contribution < -0.4 is 4.74 Å². The summed E-state index contributed by atoms with van der Waals surface area (Å²) < 4.78 is 44.7. The molecule has 0 radical (unpaired) electrons. The zero-order valence-electron chi connectivity index (χ0n) is 9.77. The number of likely N-dealkylation sites (N-methyl/N-ethyl adjacent to an activating group) is 1. The highest BCUT2D eigenvalue weighted by Gasteiger charge is 2.40. The summed E-state index contributed by atoms with van der Waals surface area (Å²) in [5.41, 5.74) is -0.572. The molecule has 0 unspecified atom stereocenters. The smallest absolute Gasteiger partial charge is 0.200 e. The normalized spacial score (nSPS) is 18.9. The van der Waals surface area contributed by atoms with E-state index in [2.05, 4.69) is 4.90 Å². The molecule has 1 aliphatic heterocycles. The molecule has 1 aliphatic rings. The van der Waals surface area contributed by atoms with Gasteiger partial charge >= 0.3 is 0 Å². The largest absolute Gasteiger partial charge is 0.482 e. The summed E-state index contributed by atoms with van der Waals surface area (Å²) in [5.74, 6) is -3.56. The van der Waals surface area contributed by atoms with Crippen LogP contribution in [0.4, 0.5) is 13.2 Å². The van der Waals surface area contributed by atoms with E-state index in [0.29, 0.717) is 19.2 Å². The zero-order chi connectivity index (χ0) is 12.6. The summed E-state index contributed by atoms with van der Waals surface area (Å²) in [5, 5.41) is 0. The quantitative estimate of drug-likeness (QED) is 0.759. The Balaban J connectivity index is 2.14. The van der Waals surface area contributed by atoms with E-state index in [0.717, 1.165) is 12.6 Å². The van der Waals surface area contributed by atoms with Crippen LogP contribution in [-0.2, 0) is 0 Å². The topological polar surface area (TPSA) is 12.5 Å². The van der Waals surface area contributed by atoms with E-state index < -0.39 is 23.1 Å². The van der Waals surface area contributed by atoms with E-state index in [1.807, 2.05) is 6.92 Å². The lowest BCUT2D eigenvalue weighted by atomic mass is 9.96. The number of rotatable bonds is 3. The Kier molecular flexibility index (Phi) is 3.03. The second kappa shape index (κ2) is 4.22. The Hall–Kier alpha value is -1.23. The number of hydrogen-bond donors (Lipinski definition) is 0. The van der Waals surface area contributed by atoms with Crippen molar-refractivity contribution < 1.29 is 17.9 Å². The lowest BCUT2D eigenvalue weighted by Crippen LogP contribution is -2.62. The van der Waals surface area contributed by atoms with Crippen molar-refractivity contribution in [3.8, 4) is 5.75 Å². The molecule has 0 amide bonds. The van der Waals surface area contributed by atoms with Gasteiger partial charge in [-0.05, 0) is 13.5 Å². The van der Waals surface area contributed by atoms with E-state index in [-0.39, 0.29) is 5.75 Å². The summed E-state index contributed by atoms with van der Waals surface area (Å²) >= 11 is 0. The van der Waals surface area contributed by atoms with Crippen molar-refractivity contribution in [2.45, 2.75) is 19.4 Å². The molecule has 1 saturated heterocycles. The van der Waals surface area contributed by atoms with Crippen molar-refractivity contribution >= 4 is 0 Å². The molecule has 2 nitrogen and oxygen atoms in total. The van der Waals surface area contributed by atoms with Crippen LogP contribution >= 0.6 is 0 Å². The van der Waals surface area contributed by atoms with Gasteiger partial charge in [0, 0.05) is 25.2 Å². The molecule has 17 heavy (non-hydrogen) atoms. The zero-order valence-corrected chi connectivity index (χ0v) is 9.77. The first kappa shape index (κ1) is 12.2. The number of ether oxygens (including phenoxy) is 1. The molecule has 1 fully saturated rings. The van der Waals surface area contributed by atoms with E-state index in [4.69, 9.17) is 4.74 Å². The monoisotopic (exact) mass is 245 g/mol. The van der Waals surface area contributed by atoms with Crippen molar-refractivity contribution in [3.63, 3.8) is 0 Å². The Bertz CT molecular complexity index is 430. The van der Waals surface area contributed by atoms with Crippen LogP contribution in [0.3, 0.4) is 0 Å². The fourth-order valence-corrected chi connectivity index (χ4v) is 2.06. The van der Waals surface area contributed by atoms with E-state index >= 15 is 0 Å². The standard InChI is InChI=1S/C12H14F3NO/c1-3-16-6-12(2,7-16)17-10-5-8(13)4-9(14)11(10)15/h4-5H,3,6-7H2,1-2H3. The molecule has 0 aromatic heterocycles. The minimum atomic E-state index is -1.23. The van der Waals surface area contributed by atoms with Crippen LogP contribution in [0.5, 0.6) is 5.75 Å².